The Hall–Kier alpha value is -0.900. The summed E-state index contributed by atoms with van der Waals surface area (Å²) in [5, 5.41) is 10.2. The Morgan fingerprint density at radius 3 is 2.76 bits per heavy atom. The molecular formula is C14H20O3. The van der Waals surface area contributed by atoms with Crippen LogP contribution in [0.5, 0.6) is 0 Å². The number of benzene rings is 1. The summed E-state index contributed by atoms with van der Waals surface area (Å²) in [6.07, 6.45) is 1.47. The number of hydrogen-bond donors (Lipinski definition) is 1. The van der Waals surface area contributed by atoms with Crippen molar-refractivity contribution in [2.24, 2.45) is 5.92 Å². The van der Waals surface area contributed by atoms with Gasteiger partial charge in [0.1, 0.15) is 0 Å². The molecule has 1 aromatic carbocycles. The Kier molecular flexibility index (Phi) is 4.54. The van der Waals surface area contributed by atoms with E-state index in [0.29, 0.717) is 6.61 Å². The summed E-state index contributed by atoms with van der Waals surface area (Å²) in [5.74, 6) is 0.250. The first-order valence-electron chi connectivity index (χ1n) is 6.15. The third-order valence-corrected chi connectivity index (χ3v) is 3.33. The minimum absolute atomic E-state index is 0.250. The van der Waals surface area contributed by atoms with Crippen molar-refractivity contribution in [3.63, 3.8) is 0 Å². The first-order valence-corrected chi connectivity index (χ1v) is 6.15. The zero-order chi connectivity index (χ0) is 12.1. The van der Waals surface area contributed by atoms with Gasteiger partial charge >= 0.3 is 0 Å². The van der Waals surface area contributed by atoms with Crippen molar-refractivity contribution < 1.29 is 14.6 Å². The summed E-state index contributed by atoms with van der Waals surface area (Å²) < 4.78 is 10.3. The maximum absolute atomic E-state index is 10.2. The van der Waals surface area contributed by atoms with E-state index in [1.54, 1.807) is 7.11 Å². The molecule has 1 fully saturated rings. The van der Waals surface area contributed by atoms with Gasteiger partial charge in [0.05, 0.1) is 19.3 Å². The fourth-order valence-electron chi connectivity index (χ4n) is 2.18. The first kappa shape index (κ1) is 12.6. The normalized spacial score (nSPS) is 21.6. The fraction of sp³-hybridized carbons (Fsp3) is 0.571. The van der Waals surface area contributed by atoms with E-state index in [4.69, 9.17) is 9.47 Å². The summed E-state index contributed by atoms with van der Waals surface area (Å²) in [6, 6.07) is 8.14. The highest BCUT2D eigenvalue weighted by Crippen LogP contribution is 2.28. The second-order valence-electron chi connectivity index (χ2n) is 4.55. The molecule has 1 saturated heterocycles. The fourth-order valence-corrected chi connectivity index (χ4v) is 2.18. The average Bonchev–Trinajstić information content (AvgIpc) is 2.90. The van der Waals surface area contributed by atoms with E-state index >= 15 is 0 Å². The molecule has 3 nitrogen and oxygen atoms in total. The van der Waals surface area contributed by atoms with Crippen molar-refractivity contribution in [2.75, 3.05) is 26.9 Å². The third kappa shape index (κ3) is 3.28. The summed E-state index contributed by atoms with van der Waals surface area (Å²) in [7, 11) is 1.71. The number of aliphatic hydroxyl groups is 1. The van der Waals surface area contributed by atoms with Crippen LogP contribution in [0.3, 0.4) is 0 Å². The molecule has 17 heavy (non-hydrogen) atoms. The lowest BCUT2D eigenvalue weighted by molar-refractivity contribution is 0.0918. The van der Waals surface area contributed by atoms with Crippen LogP contribution in [0, 0.1) is 5.92 Å². The molecule has 2 atom stereocenters. The van der Waals surface area contributed by atoms with Gasteiger partial charge in [-0.3, -0.25) is 0 Å². The van der Waals surface area contributed by atoms with Gasteiger partial charge in [0, 0.05) is 19.6 Å². The number of ether oxygens (including phenoxy) is 2. The molecule has 0 spiro atoms. The number of rotatable bonds is 5. The Morgan fingerprint density at radius 1 is 1.41 bits per heavy atom. The van der Waals surface area contributed by atoms with Gasteiger partial charge in [-0.1, -0.05) is 24.3 Å². The van der Waals surface area contributed by atoms with Gasteiger partial charge in [-0.15, -0.1) is 0 Å². The third-order valence-electron chi connectivity index (χ3n) is 3.33. The molecule has 1 N–H and O–H groups in total. The Balaban J connectivity index is 1.96. The predicted octanol–water partition coefficient (Wildman–Crippen LogP) is 1.95. The van der Waals surface area contributed by atoms with Crippen LogP contribution in [0.1, 0.15) is 23.7 Å². The Bertz CT molecular complexity index is 328. The quantitative estimate of drug-likeness (QED) is 0.849. The van der Waals surface area contributed by atoms with Crippen molar-refractivity contribution in [2.45, 2.75) is 18.9 Å². The first-order chi connectivity index (χ1) is 8.31. The minimum atomic E-state index is -0.394. The molecule has 0 aliphatic carbocycles. The molecule has 94 valence electrons. The highest BCUT2D eigenvalue weighted by atomic mass is 16.5. The molecule has 3 heteroatoms. The maximum Gasteiger partial charge on any atom is 0.0841 e. The minimum Gasteiger partial charge on any atom is -0.388 e. The summed E-state index contributed by atoms with van der Waals surface area (Å²) >= 11 is 0. The van der Waals surface area contributed by atoms with E-state index in [1.807, 2.05) is 12.1 Å². The van der Waals surface area contributed by atoms with Gasteiger partial charge in [0.2, 0.25) is 0 Å². The molecule has 1 aliphatic heterocycles. The molecule has 1 heterocycles. The SMILES string of the molecule is COCCc1ccc(C(O)C2CCOC2)cc1. The molecule has 2 unspecified atom stereocenters. The van der Waals surface area contributed by atoms with E-state index in [1.165, 1.54) is 5.56 Å². The highest BCUT2D eigenvalue weighted by Gasteiger charge is 2.24. The second kappa shape index (κ2) is 6.15. The monoisotopic (exact) mass is 236 g/mol. The highest BCUT2D eigenvalue weighted by molar-refractivity contribution is 5.24. The van der Waals surface area contributed by atoms with Crippen LogP contribution in [-0.2, 0) is 15.9 Å². The van der Waals surface area contributed by atoms with E-state index < -0.39 is 6.10 Å². The standard InChI is InChI=1S/C14H20O3/c1-16-8-6-11-2-4-12(5-3-11)14(15)13-7-9-17-10-13/h2-5,13-15H,6-10H2,1H3. The van der Waals surface area contributed by atoms with Crippen LogP contribution in [-0.4, -0.2) is 32.0 Å². The van der Waals surface area contributed by atoms with Crippen LogP contribution in [0.2, 0.25) is 0 Å². The lowest BCUT2D eigenvalue weighted by atomic mass is 9.94. The zero-order valence-electron chi connectivity index (χ0n) is 10.3. The largest absolute Gasteiger partial charge is 0.388 e. The average molecular weight is 236 g/mol. The van der Waals surface area contributed by atoms with E-state index in [-0.39, 0.29) is 5.92 Å². The topological polar surface area (TPSA) is 38.7 Å². The number of methoxy groups -OCH3 is 1. The van der Waals surface area contributed by atoms with E-state index in [9.17, 15) is 5.11 Å². The van der Waals surface area contributed by atoms with Crippen molar-refractivity contribution in [1.82, 2.24) is 0 Å². The number of aliphatic hydroxyl groups excluding tert-OH is 1. The van der Waals surface area contributed by atoms with Gasteiger partial charge in [-0.25, -0.2) is 0 Å². The molecule has 0 saturated carbocycles. The van der Waals surface area contributed by atoms with Crippen LogP contribution < -0.4 is 0 Å². The van der Waals surface area contributed by atoms with Crippen molar-refractivity contribution >= 4 is 0 Å². The van der Waals surface area contributed by atoms with Crippen LogP contribution in [0.25, 0.3) is 0 Å². The van der Waals surface area contributed by atoms with Gasteiger partial charge in [-0.2, -0.15) is 0 Å². The van der Waals surface area contributed by atoms with Gasteiger partial charge in [0.25, 0.3) is 0 Å². The Labute approximate surface area is 102 Å². The molecular weight excluding hydrogens is 216 g/mol. The maximum atomic E-state index is 10.2. The summed E-state index contributed by atoms with van der Waals surface area (Å²) in [4.78, 5) is 0. The zero-order valence-corrected chi connectivity index (χ0v) is 10.3. The van der Waals surface area contributed by atoms with Crippen molar-refractivity contribution in [3.05, 3.63) is 35.4 Å². The van der Waals surface area contributed by atoms with E-state index in [2.05, 4.69) is 12.1 Å². The number of hydrogen-bond acceptors (Lipinski definition) is 3. The molecule has 0 bridgehead atoms. The van der Waals surface area contributed by atoms with Crippen LogP contribution in [0.15, 0.2) is 24.3 Å². The van der Waals surface area contributed by atoms with Crippen molar-refractivity contribution in [3.8, 4) is 0 Å². The van der Waals surface area contributed by atoms with Gasteiger partial charge in [-0.05, 0) is 24.0 Å². The summed E-state index contributed by atoms with van der Waals surface area (Å²) in [6.45, 7) is 2.18. The molecule has 1 aliphatic rings. The predicted molar refractivity (Wildman–Crippen MR) is 65.9 cm³/mol. The lowest BCUT2D eigenvalue weighted by Crippen LogP contribution is -2.12. The molecule has 2 rings (SSSR count). The lowest BCUT2D eigenvalue weighted by Gasteiger charge is -2.17. The molecule has 1 aromatic rings. The van der Waals surface area contributed by atoms with Gasteiger partial charge in [0.15, 0.2) is 0 Å². The van der Waals surface area contributed by atoms with Crippen LogP contribution in [0.4, 0.5) is 0 Å². The van der Waals surface area contributed by atoms with Gasteiger partial charge < -0.3 is 14.6 Å². The van der Waals surface area contributed by atoms with Crippen molar-refractivity contribution in [1.29, 1.82) is 0 Å². The summed E-state index contributed by atoms with van der Waals surface area (Å²) in [5.41, 5.74) is 2.23. The smallest absolute Gasteiger partial charge is 0.0841 e. The molecule has 0 aromatic heterocycles. The van der Waals surface area contributed by atoms with Crippen LogP contribution >= 0.6 is 0 Å². The van der Waals surface area contributed by atoms with E-state index in [0.717, 1.165) is 31.6 Å². The Morgan fingerprint density at radius 2 is 2.18 bits per heavy atom. The molecule has 0 radical (unpaired) electrons. The molecule has 0 amide bonds. The second-order valence-corrected chi connectivity index (χ2v) is 4.55.